The Morgan fingerprint density at radius 3 is 2.96 bits per heavy atom. The maximum Gasteiger partial charge on any atom is 0.289 e. The highest BCUT2D eigenvalue weighted by molar-refractivity contribution is 7.22. The van der Waals surface area contributed by atoms with Crippen LogP contribution in [0.25, 0.3) is 10.2 Å². The van der Waals surface area contributed by atoms with Crippen LogP contribution in [0.15, 0.2) is 24.3 Å². The summed E-state index contributed by atoms with van der Waals surface area (Å²) in [4.78, 5) is 6.43. The number of unbranched alkanes of at least 4 members (excludes halogenated alkanes) is 1. The Morgan fingerprint density at radius 2 is 2.25 bits per heavy atom. The van der Waals surface area contributed by atoms with Crippen molar-refractivity contribution in [1.29, 1.82) is 0 Å². The highest BCUT2D eigenvalue weighted by Gasteiger charge is 2.49. The van der Waals surface area contributed by atoms with Crippen LogP contribution >= 0.6 is 11.3 Å². The lowest BCUT2D eigenvalue weighted by Crippen LogP contribution is -2.60. The number of aromatic nitrogens is 1. The molecule has 0 aliphatic carbocycles. The smallest absolute Gasteiger partial charge is 0.289 e. The molecular weight excluding hydrogens is 324 g/mol. The standard InChI is InChI=1S/C17H26N4O2S/c1-3-4-7-13(22)10-12-11-20(2)16(18)21(12,23)17-19-14-8-5-6-9-15(14)24-17/h5-6,8-9,12-13,16,22H,3-4,7,10-11,18H2,1-2H3. The van der Waals surface area contributed by atoms with Crippen LogP contribution in [0.2, 0.25) is 0 Å². The van der Waals surface area contributed by atoms with Crippen molar-refractivity contribution in [2.24, 2.45) is 5.73 Å². The summed E-state index contributed by atoms with van der Waals surface area (Å²) in [7, 11) is 1.86. The highest BCUT2D eigenvalue weighted by atomic mass is 32.1. The van der Waals surface area contributed by atoms with Crippen LogP contribution in [0.3, 0.4) is 0 Å². The van der Waals surface area contributed by atoms with Gasteiger partial charge in [-0.3, -0.25) is 10.4 Å². The van der Waals surface area contributed by atoms with E-state index in [4.69, 9.17) is 5.73 Å². The molecular formula is C17H26N4O2S. The Hall–Kier alpha value is -1.09. The number of hydrogen-bond donors (Lipinski definition) is 2. The molecule has 0 bridgehead atoms. The first-order valence-corrected chi connectivity index (χ1v) is 9.38. The normalized spacial score (nSPS) is 29.4. The first kappa shape index (κ1) is 17.7. The second-order valence-corrected chi connectivity index (χ2v) is 7.72. The van der Waals surface area contributed by atoms with Crippen LogP contribution in [0.1, 0.15) is 32.6 Å². The molecule has 1 saturated heterocycles. The third kappa shape index (κ3) is 3.08. The lowest BCUT2D eigenvalue weighted by molar-refractivity contribution is 0.118. The third-order valence-electron chi connectivity index (χ3n) is 4.90. The summed E-state index contributed by atoms with van der Waals surface area (Å²) in [5.41, 5.74) is 7.08. The Morgan fingerprint density at radius 1 is 1.50 bits per heavy atom. The Kier molecular flexibility index (Phi) is 5.19. The second kappa shape index (κ2) is 7.03. The largest absolute Gasteiger partial charge is 0.623 e. The molecule has 2 heterocycles. The summed E-state index contributed by atoms with van der Waals surface area (Å²) < 4.78 is 0.326. The lowest BCUT2D eigenvalue weighted by atomic mass is 10.0. The molecule has 132 valence electrons. The number of quaternary nitrogens is 1. The fourth-order valence-corrected chi connectivity index (χ4v) is 4.56. The van der Waals surface area contributed by atoms with E-state index in [-0.39, 0.29) is 6.04 Å². The molecule has 0 spiro atoms. The molecule has 0 radical (unpaired) electrons. The molecule has 1 aliphatic rings. The maximum absolute atomic E-state index is 13.8. The summed E-state index contributed by atoms with van der Waals surface area (Å²) in [6.45, 7) is 2.67. The van der Waals surface area contributed by atoms with E-state index < -0.39 is 17.0 Å². The van der Waals surface area contributed by atoms with Crippen LogP contribution in [0, 0.1) is 5.21 Å². The van der Waals surface area contributed by atoms with E-state index in [1.807, 2.05) is 36.2 Å². The van der Waals surface area contributed by atoms with Gasteiger partial charge in [-0.05, 0) is 25.6 Å². The first-order valence-electron chi connectivity index (χ1n) is 8.56. The summed E-state index contributed by atoms with van der Waals surface area (Å²) >= 11 is 1.41. The molecule has 7 heteroatoms. The zero-order valence-corrected chi connectivity index (χ0v) is 15.1. The van der Waals surface area contributed by atoms with E-state index >= 15 is 0 Å². The summed E-state index contributed by atoms with van der Waals surface area (Å²) in [6, 6.07) is 7.46. The minimum absolute atomic E-state index is 0.294. The van der Waals surface area contributed by atoms with Crippen LogP contribution in [0.4, 0.5) is 5.13 Å². The van der Waals surface area contributed by atoms with Gasteiger partial charge in [0.2, 0.25) is 6.29 Å². The molecule has 0 amide bonds. The van der Waals surface area contributed by atoms with Gasteiger partial charge in [-0.15, -0.1) is 0 Å². The highest BCUT2D eigenvalue weighted by Crippen LogP contribution is 2.40. The van der Waals surface area contributed by atoms with Crippen LogP contribution in [-0.4, -0.2) is 47.0 Å². The predicted octanol–water partition coefficient (Wildman–Crippen LogP) is 2.60. The zero-order chi connectivity index (χ0) is 17.3. The molecule has 4 unspecified atom stereocenters. The third-order valence-corrected chi connectivity index (χ3v) is 6.03. The topological polar surface area (TPSA) is 85.4 Å². The van der Waals surface area contributed by atoms with Gasteiger partial charge in [-0.25, -0.2) is 4.90 Å². The van der Waals surface area contributed by atoms with E-state index in [1.165, 1.54) is 11.3 Å². The Labute approximate surface area is 146 Å². The molecule has 6 nitrogen and oxygen atoms in total. The van der Waals surface area contributed by atoms with Crippen molar-refractivity contribution in [3.63, 3.8) is 0 Å². The summed E-state index contributed by atoms with van der Waals surface area (Å²) in [5.74, 6) is 0. The number of nitrogens with two attached hydrogens (primary N) is 1. The van der Waals surface area contributed by atoms with Crippen molar-refractivity contribution >= 4 is 26.7 Å². The van der Waals surface area contributed by atoms with Crippen LogP contribution < -0.4 is 10.4 Å². The second-order valence-electron chi connectivity index (χ2n) is 6.71. The van der Waals surface area contributed by atoms with E-state index in [0.29, 0.717) is 18.1 Å². The minimum Gasteiger partial charge on any atom is -0.623 e. The molecule has 1 aromatic heterocycles. The number of fused-ring (bicyclic) bond motifs is 1. The van der Waals surface area contributed by atoms with Gasteiger partial charge in [-0.2, -0.15) is 4.98 Å². The molecule has 0 saturated carbocycles. The van der Waals surface area contributed by atoms with E-state index in [1.54, 1.807) is 0 Å². The Bertz CT molecular complexity index is 661. The Balaban J connectivity index is 1.90. The van der Waals surface area contributed by atoms with Crippen molar-refractivity contribution in [1.82, 2.24) is 14.5 Å². The molecule has 2 aromatic rings. The first-order chi connectivity index (χ1) is 11.5. The van der Waals surface area contributed by atoms with Crippen LogP contribution in [0.5, 0.6) is 0 Å². The van der Waals surface area contributed by atoms with Crippen molar-refractivity contribution in [2.75, 3.05) is 13.6 Å². The number of aliphatic hydroxyl groups excluding tert-OH is 1. The van der Waals surface area contributed by atoms with Gasteiger partial charge in [0, 0.05) is 6.42 Å². The number of hydroxylamine groups is 2. The van der Waals surface area contributed by atoms with Crippen molar-refractivity contribution in [3.8, 4) is 0 Å². The van der Waals surface area contributed by atoms with Gasteiger partial charge in [0.05, 0.1) is 22.9 Å². The van der Waals surface area contributed by atoms with Gasteiger partial charge >= 0.3 is 0 Å². The molecule has 1 aliphatic heterocycles. The van der Waals surface area contributed by atoms with Gasteiger partial charge in [-0.1, -0.05) is 43.2 Å². The number of likely N-dealkylation sites (N-methyl/N-ethyl adjacent to an activating group) is 1. The van der Waals surface area contributed by atoms with Gasteiger partial charge in [0.15, 0.2) is 0 Å². The predicted molar refractivity (Wildman–Crippen MR) is 99.3 cm³/mol. The molecule has 3 N–H and O–H groups in total. The zero-order valence-electron chi connectivity index (χ0n) is 14.3. The molecule has 1 aromatic carbocycles. The van der Waals surface area contributed by atoms with E-state index in [2.05, 4.69) is 11.9 Å². The molecule has 4 atom stereocenters. The average molecular weight is 350 g/mol. The van der Waals surface area contributed by atoms with Crippen molar-refractivity contribution in [2.45, 2.75) is 51.0 Å². The fraction of sp³-hybridized carbons (Fsp3) is 0.588. The summed E-state index contributed by atoms with van der Waals surface area (Å²) in [6.07, 6.45) is 2.04. The number of para-hydroxylation sites is 1. The van der Waals surface area contributed by atoms with Crippen molar-refractivity contribution < 1.29 is 5.11 Å². The number of aliphatic hydroxyl groups is 1. The molecule has 3 rings (SSSR count). The van der Waals surface area contributed by atoms with E-state index in [9.17, 15) is 10.3 Å². The summed E-state index contributed by atoms with van der Waals surface area (Å²) in [5, 5.41) is 24.6. The van der Waals surface area contributed by atoms with Gasteiger partial charge < -0.3 is 10.3 Å². The number of benzene rings is 1. The molecule has 24 heavy (non-hydrogen) atoms. The van der Waals surface area contributed by atoms with Crippen LogP contribution in [-0.2, 0) is 0 Å². The number of nitrogens with zero attached hydrogens (tertiary/aromatic N) is 3. The fourth-order valence-electron chi connectivity index (χ4n) is 3.45. The average Bonchev–Trinajstić information content (AvgIpc) is 3.10. The number of thiazole rings is 1. The number of hydrogen-bond acceptors (Lipinski definition) is 6. The quantitative estimate of drug-likeness (QED) is 0.618. The van der Waals surface area contributed by atoms with E-state index in [0.717, 1.165) is 29.5 Å². The van der Waals surface area contributed by atoms with Gasteiger partial charge in [0.1, 0.15) is 6.04 Å². The van der Waals surface area contributed by atoms with Gasteiger partial charge in [0.25, 0.3) is 5.13 Å². The SMILES string of the molecule is CCCCC(O)CC1CN(C)C(N)[N+]1([O-])c1nc2ccccc2s1. The monoisotopic (exact) mass is 350 g/mol. The lowest BCUT2D eigenvalue weighted by Gasteiger charge is -2.44. The number of rotatable bonds is 6. The minimum atomic E-state index is -0.686. The van der Waals surface area contributed by atoms with Crippen molar-refractivity contribution in [3.05, 3.63) is 29.5 Å². The maximum atomic E-state index is 13.8. The molecule has 1 fully saturated rings.